The maximum Gasteiger partial charge on any atom is 0.325 e. The molecule has 0 atom stereocenters. The molecule has 21 heavy (non-hydrogen) atoms. The van der Waals surface area contributed by atoms with Gasteiger partial charge in [0.25, 0.3) is 0 Å². The molecule has 0 aromatic carbocycles. The zero-order chi connectivity index (χ0) is 14.8. The Labute approximate surface area is 122 Å². The minimum Gasteiger partial charge on any atom is -0.480 e. The van der Waals surface area contributed by atoms with Crippen LogP contribution in [0.15, 0.2) is 12.4 Å². The summed E-state index contributed by atoms with van der Waals surface area (Å²) in [5.41, 5.74) is 0.503. The number of carboxylic acid groups (broad SMARTS) is 1. The Morgan fingerprint density at radius 2 is 2.00 bits per heavy atom. The van der Waals surface area contributed by atoms with Crippen LogP contribution < -0.4 is 10.6 Å². The topological polar surface area (TPSA) is 96.2 Å². The molecule has 0 spiro atoms. The van der Waals surface area contributed by atoms with Crippen molar-refractivity contribution >= 4 is 17.7 Å². The summed E-state index contributed by atoms with van der Waals surface area (Å²) >= 11 is 0. The summed E-state index contributed by atoms with van der Waals surface area (Å²) in [6.45, 7) is 0.513. The third-order valence-corrected chi connectivity index (χ3v) is 4.14. The van der Waals surface area contributed by atoms with Gasteiger partial charge in [0.2, 0.25) is 0 Å². The maximum absolute atomic E-state index is 11.9. The number of anilines is 1. The van der Waals surface area contributed by atoms with Crippen LogP contribution in [0.25, 0.3) is 0 Å². The molecule has 0 radical (unpaired) electrons. The molecule has 1 heterocycles. The van der Waals surface area contributed by atoms with E-state index in [4.69, 9.17) is 5.11 Å². The van der Waals surface area contributed by atoms with E-state index in [2.05, 4.69) is 15.7 Å². The summed E-state index contributed by atoms with van der Waals surface area (Å²) in [5, 5.41) is 18.1. The Kier molecular flexibility index (Phi) is 3.81. The lowest BCUT2D eigenvalue weighted by atomic mass is 9.98. The van der Waals surface area contributed by atoms with Gasteiger partial charge in [-0.1, -0.05) is 0 Å². The van der Waals surface area contributed by atoms with Crippen LogP contribution in [-0.4, -0.2) is 33.4 Å². The molecule has 0 bridgehead atoms. The fourth-order valence-corrected chi connectivity index (χ4v) is 2.81. The Hall–Kier alpha value is -2.05. The third kappa shape index (κ3) is 3.96. The summed E-state index contributed by atoms with van der Waals surface area (Å²) in [7, 11) is 0. The highest BCUT2D eigenvalue weighted by molar-refractivity contribution is 5.88. The molecule has 0 aliphatic heterocycles. The minimum atomic E-state index is -0.967. The number of nitrogens with one attached hydrogen (secondary N) is 2. The molecule has 2 amide bonds. The Morgan fingerprint density at radius 1 is 1.33 bits per heavy atom. The van der Waals surface area contributed by atoms with Crippen LogP contribution >= 0.6 is 0 Å². The summed E-state index contributed by atoms with van der Waals surface area (Å²) in [6, 6.07) is -0.254. The number of nitrogens with zero attached hydrogens (tertiary/aromatic N) is 2. The first-order chi connectivity index (χ1) is 10.1. The second-order valence-corrected chi connectivity index (χ2v) is 5.99. The van der Waals surface area contributed by atoms with E-state index >= 15 is 0 Å². The van der Waals surface area contributed by atoms with E-state index in [0.29, 0.717) is 11.6 Å². The predicted octanol–water partition coefficient (Wildman–Crippen LogP) is 1.53. The van der Waals surface area contributed by atoms with E-state index in [-0.39, 0.29) is 12.6 Å². The van der Waals surface area contributed by atoms with E-state index in [9.17, 15) is 9.59 Å². The lowest BCUT2D eigenvalue weighted by Gasteiger charge is -2.16. The zero-order valence-corrected chi connectivity index (χ0v) is 11.8. The van der Waals surface area contributed by atoms with Gasteiger partial charge in [0, 0.05) is 12.7 Å². The number of carbonyl (C=O) groups is 2. The van der Waals surface area contributed by atoms with E-state index in [0.717, 1.165) is 18.4 Å². The monoisotopic (exact) mass is 292 g/mol. The Morgan fingerprint density at radius 3 is 2.57 bits per heavy atom. The van der Waals surface area contributed by atoms with Gasteiger partial charge in [-0.3, -0.25) is 9.48 Å². The lowest BCUT2D eigenvalue weighted by molar-refractivity contribution is -0.137. The number of carboxylic acids is 1. The Bertz CT molecular complexity index is 522. The molecule has 7 heteroatoms. The molecule has 114 valence electrons. The van der Waals surface area contributed by atoms with Gasteiger partial charge in [-0.05, 0) is 43.4 Å². The van der Waals surface area contributed by atoms with Crippen LogP contribution in [0.1, 0.15) is 25.7 Å². The lowest BCUT2D eigenvalue weighted by Crippen LogP contribution is -2.34. The highest BCUT2D eigenvalue weighted by Crippen LogP contribution is 2.48. The average molecular weight is 292 g/mol. The van der Waals surface area contributed by atoms with Gasteiger partial charge in [0.1, 0.15) is 6.54 Å². The summed E-state index contributed by atoms with van der Waals surface area (Å²) in [6.07, 6.45) is 8.15. The molecule has 2 saturated carbocycles. The number of hydrogen-bond donors (Lipinski definition) is 3. The van der Waals surface area contributed by atoms with Crippen molar-refractivity contribution in [2.24, 2.45) is 17.8 Å². The normalized spacial score (nSPS) is 17.8. The van der Waals surface area contributed by atoms with E-state index in [1.54, 1.807) is 0 Å². The number of aromatic nitrogens is 2. The number of carbonyl (C=O) groups excluding carboxylic acids is 1. The van der Waals surface area contributed by atoms with Crippen LogP contribution in [0.3, 0.4) is 0 Å². The van der Waals surface area contributed by atoms with Crippen LogP contribution in [-0.2, 0) is 11.3 Å². The molecule has 1 aromatic rings. The molecule has 3 rings (SSSR count). The van der Waals surface area contributed by atoms with E-state index < -0.39 is 5.97 Å². The molecule has 2 aliphatic rings. The largest absolute Gasteiger partial charge is 0.480 e. The van der Waals surface area contributed by atoms with Crippen LogP contribution in [0.2, 0.25) is 0 Å². The van der Waals surface area contributed by atoms with Crippen molar-refractivity contribution in [3.63, 3.8) is 0 Å². The molecule has 2 fully saturated rings. The molecule has 7 nitrogen and oxygen atoms in total. The van der Waals surface area contributed by atoms with Crippen molar-refractivity contribution in [2.45, 2.75) is 32.2 Å². The number of urea groups is 1. The quantitative estimate of drug-likeness (QED) is 0.710. The van der Waals surface area contributed by atoms with Crippen LogP contribution in [0.5, 0.6) is 0 Å². The Balaban J connectivity index is 1.45. The number of rotatable bonds is 7. The molecule has 0 unspecified atom stereocenters. The second-order valence-electron chi connectivity index (χ2n) is 5.99. The smallest absolute Gasteiger partial charge is 0.325 e. The highest BCUT2D eigenvalue weighted by Gasteiger charge is 2.41. The zero-order valence-electron chi connectivity index (χ0n) is 11.8. The summed E-state index contributed by atoms with van der Waals surface area (Å²) in [4.78, 5) is 22.4. The summed E-state index contributed by atoms with van der Waals surface area (Å²) < 4.78 is 1.27. The van der Waals surface area contributed by atoms with Crippen molar-refractivity contribution in [3.8, 4) is 0 Å². The molecule has 2 aliphatic carbocycles. The van der Waals surface area contributed by atoms with Crippen LogP contribution in [0, 0.1) is 17.8 Å². The molecule has 1 aromatic heterocycles. The minimum absolute atomic E-state index is 0.214. The maximum atomic E-state index is 11.9. The van der Waals surface area contributed by atoms with Gasteiger partial charge >= 0.3 is 12.0 Å². The number of hydrogen-bond acceptors (Lipinski definition) is 3. The van der Waals surface area contributed by atoms with Gasteiger partial charge in [-0.15, -0.1) is 0 Å². The SMILES string of the molecule is O=C(O)Cn1cc(NC(=O)NCC(C2CC2)C2CC2)cn1. The first kappa shape index (κ1) is 13.9. The van der Waals surface area contributed by atoms with Gasteiger partial charge in [0.15, 0.2) is 0 Å². The second kappa shape index (κ2) is 5.75. The van der Waals surface area contributed by atoms with Crippen molar-refractivity contribution < 1.29 is 14.7 Å². The van der Waals surface area contributed by atoms with Crippen LogP contribution in [0.4, 0.5) is 10.5 Å². The van der Waals surface area contributed by atoms with Crippen molar-refractivity contribution in [3.05, 3.63) is 12.4 Å². The fraction of sp³-hybridized carbons (Fsp3) is 0.643. The number of amides is 2. The molecule has 0 saturated heterocycles. The van der Waals surface area contributed by atoms with E-state index in [1.165, 1.54) is 42.8 Å². The highest BCUT2D eigenvalue weighted by atomic mass is 16.4. The predicted molar refractivity (Wildman–Crippen MR) is 75.8 cm³/mol. The number of aliphatic carboxylic acids is 1. The van der Waals surface area contributed by atoms with Crippen molar-refractivity contribution in [1.29, 1.82) is 0 Å². The summed E-state index contributed by atoms with van der Waals surface area (Å²) in [5.74, 6) is 1.27. The fourth-order valence-electron chi connectivity index (χ4n) is 2.81. The van der Waals surface area contributed by atoms with Gasteiger partial charge < -0.3 is 15.7 Å². The molecule has 3 N–H and O–H groups in total. The van der Waals surface area contributed by atoms with Gasteiger partial charge in [-0.25, -0.2) is 4.79 Å². The molecular weight excluding hydrogens is 272 g/mol. The standard InChI is InChI=1S/C14H20N4O3/c19-13(20)8-18-7-11(5-16-18)17-14(21)15-6-12(9-1-2-9)10-3-4-10/h5,7,9-10,12H,1-4,6,8H2,(H,19,20)(H2,15,17,21). The van der Waals surface area contributed by atoms with Gasteiger partial charge in [-0.2, -0.15) is 5.10 Å². The van der Waals surface area contributed by atoms with Gasteiger partial charge in [0.05, 0.1) is 11.9 Å². The average Bonchev–Trinajstić information content (AvgIpc) is 3.31. The third-order valence-electron chi connectivity index (χ3n) is 4.14. The molecular formula is C14H20N4O3. The first-order valence-corrected chi connectivity index (χ1v) is 7.41. The van der Waals surface area contributed by atoms with Crippen molar-refractivity contribution in [1.82, 2.24) is 15.1 Å². The van der Waals surface area contributed by atoms with E-state index in [1.807, 2.05) is 0 Å². The van der Waals surface area contributed by atoms with Crippen molar-refractivity contribution in [2.75, 3.05) is 11.9 Å². The first-order valence-electron chi connectivity index (χ1n) is 7.41.